The Bertz CT molecular complexity index is 1110. The van der Waals surface area contributed by atoms with Crippen LogP contribution in [-0.4, -0.2) is 41.7 Å². The van der Waals surface area contributed by atoms with Gasteiger partial charge in [0, 0.05) is 11.4 Å². The van der Waals surface area contributed by atoms with Crippen molar-refractivity contribution in [2.75, 3.05) is 20.8 Å². The molecule has 1 atom stereocenters. The molecule has 1 amide bonds. The first-order valence-electron chi connectivity index (χ1n) is 9.21. The topological polar surface area (TPSA) is 95.3 Å². The number of aryl methyl sites for hydroxylation is 2. The molecule has 0 aliphatic heterocycles. The largest absolute Gasteiger partial charge is 0.493 e. The van der Waals surface area contributed by atoms with Gasteiger partial charge in [0.25, 0.3) is 5.56 Å². The molecule has 1 N–H and O–H groups in total. The van der Waals surface area contributed by atoms with Crippen LogP contribution < -0.4 is 20.3 Å². The lowest BCUT2D eigenvalue weighted by molar-refractivity contribution is -0.124. The Morgan fingerprint density at radius 1 is 1.24 bits per heavy atom. The van der Waals surface area contributed by atoms with E-state index in [-0.39, 0.29) is 11.5 Å². The van der Waals surface area contributed by atoms with Gasteiger partial charge in [0.2, 0.25) is 5.91 Å². The van der Waals surface area contributed by atoms with Gasteiger partial charge < -0.3 is 14.8 Å². The Morgan fingerprint density at radius 3 is 2.66 bits per heavy atom. The molecule has 1 unspecified atom stereocenters. The summed E-state index contributed by atoms with van der Waals surface area (Å²) in [4.78, 5) is 27.0. The van der Waals surface area contributed by atoms with Gasteiger partial charge in [0.1, 0.15) is 6.04 Å². The highest BCUT2D eigenvalue weighted by atomic mass is 32.1. The molecule has 3 rings (SSSR count). The Hall–Kier alpha value is -2.94. The van der Waals surface area contributed by atoms with Crippen LogP contribution in [0.25, 0.3) is 10.2 Å². The van der Waals surface area contributed by atoms with Crippen LogP contribution in [0.15, 0.2) is 23.0 Å². The number of methoxy groups -OCH3 is 2. The maximum absolute atomic E-state index is 12.8. The number of thiophene rings is 1. The van der Waals surface area contributed by atoms with Gasteiger partial charge in [0.15, 0.2) is 16.3 Å². The predicted octanol–water partition coefficient (Wildman–Crippen LogP) is 2.41. The summed E-state index contributed by atoms with van der Waals surface area (Å²) < 4.78 is 11.7. The Morgan fingerprint density at radius 2 is 1.97 bits per heavy atom. The summed E-state index contributed by atoms with van der Waals surface area (Å²) in [5, 5.41) is 11.5. The normalized spacial score (nSPS) is 12.0. The number of nitrogens with zero attached hydrogens (tertiary/aromatic N) is 3. The molecule has 154 valence electrons. The third kappa shape index (κ3) is 4.09. The summed E-state index contributed by atoms with van der Waals surface area (Å²) in [7, 11) is 3.16. The summed E-state index contributed by atoms with van der Waals surface area (Å²) in [6, 6.07) is 4.86. The first-order valence-corrected chi connectivity index (χ1v) is 10.0. The van der Waals surface area contributed by atoms with Crippen LogP contribution >= 0.6 is 11.3 Å². The Kier molecular flexibility index (Phi) is 6.17. The van der Waals surface area contributed by atoms with Crippen molar-refractivity contribution in [3.63, 3.8) is 0 Å². The molecule has 0 aliphatic rings. The molecular weight excluding hydrogens is 392 g/mol. The second-order valence-electron chi connectivity index (χ2n) is 6.71. The van der Waals surface area contributed by atoms with Crippen molar-refractivity contribution in [1.82, 2.24) is 20.3 Å². The highest BCUT2D eigenvalue weighted by Crippen LogP contribution is 2.27. The van der Waals surface area contributed by atoms with E-state index in [4.69, 9.17) is 9.47 Å². The minimum Gasteiger partial charge on any atom is -0.493 e. The number of carbonyl (C=O) groups excluding carboxylic acids is 1. The Balaban J connectivity index is 1.68. The van der Waals surface area contributed by atoms with Crippen molar-refractivity contribution in [2.45, 2.75) is 33.2 Å². The van der Waals surface area contributed by atoms with Gasteiger partial charge in [-0.1, -0.05) is 11.3 Å². The van der Waals surface area contributed by atoms with Crippen LogP contribution in [0.5, 0.6) is 11.5 Å². The van der Waals surface area contributed by atoms with Gasteiger partial charge in [-0.3, -0.25) is 9.59 Å². The number of nitrogens with one attached hydrogen (secondary N) is 1. The minimum absolute atomic E-state index is 0.286. The summed E-state index contributed by atoms with van der Waals surface area (Å²) in [6.07, 6.45) is 0.612. The first kappa shape index (κ1) is 20.8. The molecule has 0 saturated heterocycles. The summed E-state index contributed by atoms with van der Waals surface area (Å²) in [5.41, 5.74) is 1.59. The fourth-order valence-electron chi connectivity index (χ4n) is 3.05. The SMILES string of the molecule is COc1ccc(CCNC(=O)C(C)n2nnc3sc(C)c(C)c3c2=O)cc1OC. The molecule has 29 heavy (non-hydrogen) atoms. The fourth-order valence-corrected chi connectivity index (χ4v) is 4.02. The molecule has 2 aromatic heterocycles. The van der Waals surface area contributed by atoms with E-state index >= 15 is 0 Å². The Labute approximate surface area is 172 Å². The average Bonchev–Trinajstić information content (AvgIpc) is 3.02. The van der Waals surface area contributed by atoms with Gasteiger partial charge in [-0.2, -0.15) is 4.68 Å². The lowest BCUT2D eigenvalue weighted by Crippen LogP contribution is -2.38. The van der Waals surface area contributed by atoms with Crippen molar-refractivity contribution >= 4 is 27.5 Å². The number of rotatable bonds is 7. The predicted molar refractivity (Wildman–Crippen MR) is 112 cm³/mol. The molecular formula is C20H24N4O4S. The lowest BCUT2D eigenvalue weighted by atomic mass is 10.1. The number of hydrogen-bond acceptors (Lipinski definition) is 7. The van der Waals surface area contributed by atoms with Crippen molar-refractivity contribution < 1.29 is 14.3 Å². The molecule has 0 bridgehead atoms. The maximum atomic E-state index is 12.8. The molecule has 2 heterocycles. The van der Waals surface area contributed by atoms with E-state index in [1.54, 1.807) is 21.1 Å². The average molecular weight is 417 g/mol. The third-order valence-electron chi connectivity index (χ3n) is 4.93. The maximum Gasteiger partial charge on any atom is 0.279 e. The highest BCUT2D eigenvalue weighted by Gasteiger charge is 2.21. The standard InChI is InChI=1S/C20H24N4O4S/c1-11-13(3)29-19-17(11)20(26)24(23-22-19)12(2)18(25)21-9-8-14-6-7-15(27-4)16(10-14)28-5/h6-7,10,12H,8-9H2,1-5H3,(H,21,25). The van der Waals surface area contributed by atoms with E-state index in [9.17, 15) is 9.59 Å². The molecule has 0 spiro atoms. The second kappa shape index (κ2) is 8.60. The minimum atomic E-state index is -0.760. The fraction of sp³-hybridized carbons (Fsp3) is 0.400. The molecule has 8 nitrogen and oxygen atoms in total. The van der Waals surface area contributed by atoms with Gasteiger partial charge >= 0.3 is 0 Å². The third-order valence-corrected chi connectivity index (χ3v) is 6.02. The molecule has 1 aromatic carbocycles. The van der Waals surface area contributed by atoms with Crippen LogP contribution in [0.3, 0.4) is 0 Å². The number of fused-ring (bicyclic) bond motifs is 1. The van der Waals surface area contributed by atoms with Gasteiger partial charge in [-0.15, -0.1) is 16.4 Å². The second-order valence-corrected chi connectivity index (χ2v) is 7.91. The van der Waals surface area contributed by atoms with E-state index < -0.39 is 6.04 Å². The van der Waals surface area contributed by atoms with Gasteiger partial charge in [-0.25, -0.2) is 0 Å². The summed E-state index contributed by atoms with van der Waals surface area (Å²) >= 11 is 1.43. The smallest absolute Gasteiger partial charge is 0.279 e. The van der Waals surface area contributed by atoms with E-state index in [0.717, 1.165) is 20.7 Å². The zero-order valence-electron chi connectivity index (χ0n) is 17.1. The van der Waals surface area contributed by atoms with Crippen LogP contribution in [-0.2, 0) is 11.2 Å². The molecule has 0 radical (unpaired) electrons. The van der Waals surface area contributed by atoms with E-state index in [1.165, 1.54) is 11.3 Å². The van der Waals surface area contributed by atoms with Gasteiger partial charge in [0.05, 0.1) is 19.6 Å². The zero-order valence-corrected chi connectivity index (χ0v) is 17.9. The molecule has 0 fully saturated rings. The van der Waals surface area contributed by atoms with Crippen molar-refractivity contribution in [3.05, 3.63) is 44.6 Å². The number of aromatic nitrogens is 3. The summed E-state index contributed by atoms with van der Waals surface area (Å²) in [5.74, 6) is 1.01. The number of benzene rings is 1. The van der Waals surface area contributed by atoms with E-state index in [1.807, 2.05) is 32.0 Å². The van der Waals surface area contributed by atoms with Crippen molar-refractivity contribution in [2.24, 2.45) is 0 Å². The molecule has 9 heteroatoms. The van der Waals surface area contributed by atoms with Crippen LogP contribution in [0, 0.1) is 13.8 Å². The van der Waals surface area contributed by atoms with Crippen LogP contribution in [0.1, 0.15) is 29.0 Å². The number of ether oxygens (including phenoxy) is 2. The van der Waals surface area contributed by atoms with E-state index in [2.05, 4.69) is 15.6 Å². The van der Waals surface area contributed by atoms with Crippen LogP contribution in [0.2, 0.25) is 0 Å². The summed E-state index contributed by atoms with van der Waals surface area (Å²) in [6.45, 7) is 5.88. The number of carbonyl (C=O) groups is 1. The van der Waals surface area contributed by atoms with Gasteiger partial charge in [-0.05, 0) is 50.5 Å². The van der Waals surface area contributed by atoms with E-state index in [0.29, 0.717) is 34.7 Å². The molecule has 0 aliphatic carbocycles. The van der Waals surface area contributed by atoms with Crippen LogP contribution in [0.4, 0.5) is 0 Å². The monoisotopic (exact) mass is 416 g/mol. The zero-order chi connectivity index (χ0) is 21.1. The highest BCUT2D eigenvalue weighted by molar-refractivity contribution is 7.18. The van der Waals surface area contributed by atoms with Crippen molar-refractivity contribution in [3.8, 4) is 11.5 Å². The molecule has 3 aromatic rings. The van der Waals surface area contributed by atoms with Crippen molar-refractivity contribution in [1.29, 1.82) is 0 Å². The first-order chi connectivity index (χ1) is 13.9. The number of amides is 1. The quantitative estimate of drug-likeness (QED) is 0.636. The lowest BCUT2D eigenvalue weighted by Gasteiger charge is -2.14. The number of hydrogen-bond donors (Lipinski definition) is 1. The molecule has 0 saturated carbocycles.